The van der Waals surface area contributed by atoms with Crippen LogP contribution in [0.15, 0.2) is 78.4 Å². The minimum atomic E-state index is -0.770. The Morgan fingerprint density at radius 3 is 2.47 bits per heavy atom. The van der Waals surface area contributed by atoms with Crippen LogP contribution < -0.4 is 4.90 Å². The Hall–Kier alpha value is -3.04. The highest BCUT2D eigenvalue weighted by atomic mass is 127. The number of aromatic nitrogens is 1. The van der Waals surface area contributed by atoms with Crippen LogP contribution in [0.1, 0.15) is 22.7 Å². The summed E-state index contributed by atoms with van der Waals surface area (Å²) in [6.07, 6.45) is 0. The number of amides is 1. The fraction of sp³-hybridized carbons (Fsp3) is 0.0800. The molecule has 1 aliphatic heterocycles. The van der Waals surface area contributed by atoms with E-state index in [1.165, 1.54) is 16.2 Å². The second kappa shape index (κ2) is 8.14. The molecule has 1 unspecified atom stereocenters. The smallest absolute Gasteiger partial charge is 0.301 e. The van der Waals surface area contributed by atoms with Gasteiger partial charge in [-0.3, -0.25) is 14.5 Å². The summed E-state index contributed by atoms with van der Waals surface area (Å²) >= 11 is 3.57. The lowest BCUT2D eigenvalue weighted by molar-refractivity contribution is -0.132. The molecule has 3 aromatic carbocycles. The third-order valence-electron chi connectivity index (χ3n) is 5.42. The van der Waals surface area contributed by atoms with Gasteiger partial charge in [-0.1, -0.05) is 59.9 Å². The van der Waals surface area contributed by atoms with E-state index in [0.29, 0.717) is 10.7 Å². The number of anilines is 1. The SMILES string of the molecule is Cc1ccc2nc(N3C(=O)C(=O)/C(=C(/O)c4ccccc4)C3c3ccc(I)cc3)sc2c1. The molecule has 0 saturated carbocycles. The Kier molecular flexibility index (Phi) is 5.30. The van der Waals surface area contributed by atoms with Crippen LogP contribution >= 0.6 is 33.9 Å². The molecule has 1 saturated heterocycles. The Morgan fingerprint density at radius 1 is 1.03 bits per heavy atom. The number of rotatable bonds is 3. The fourth-order valence-electron chi connectivity index (χ4n) is 3.86. The second-order valence-electron chi connectivity index (χ2n) is 7.55. The number of carbonyl (C=O) groups is 2. The van der Waals surface area contributed by atoms with Crippen LogP contribution in [0.3, 0.4) is 0 Å². The highest BCUT2D eigenvalue weighted by molar-refractivity contribution is 14.1. The highest BCUT2D eigenvalue weighted by Gasteiger charge is 2.48. The summed E-state index contributed by atoms with van der Waals surface area (Å²) in [5, 5.41) is 11.5. The molecule has 1 fully saturated rings. The average molecular weight is 552 g/mol. The Labute approximate surface area is 202 Å². The molecule has 158 valence electrons. The van der Waals surface area contributed by atoms with Gasteiger partial charge < -0.3 is 5.11 Å². The van der Waals surface area contributed by atoms with Gasteiger partial charge >= 0.3 is 5.91 Å². The number of Topliss-reactive ketones (excluding diaryl/α,β-unsaturated/α-hetero) is 1. The van der Waals surface area contributed by atoms with Crippen molar-refractivity contribution in [2.45, 2.75) is 13.0 Å². The molecule has 1 atom stereocenters. The van der Waals surface area contributed by atoms with Crippen molar-refractivity contribution in [3.8, 4) is 0 Å². The normalized spacial score (nSPS) is 17.9. The summed E-state index contributed by atoms with van der Waals surface area (Å²) in [6, 6.07) is 21.5. The lowest BCUT2D eigenvalue weighted by Gasteiger charge is -2.23. The monoisotopic (exact) mass is 552 g/mol. The number of nitrogens with zero attached hydrogens (tertiary/aromatic N) is 2. The summed E-state index contributed by atoms with van der Waals surface area (Å²) in [5.41, 5.74) is 3.14. The molecule has 1 aromatic heterocycles. The van der Waals surface area contributed by atoms with Crippen molar-refractivity contribution in [1.29, 1.82) is 0 Å². The van der Waals surface area contributed by atoms with Gasteiger partial charge in [-0.05, 0) is 64.9 Å². The predicted molar refractivity (Wildman–Crippen MR) is 135 cm³/mol. The first-order valence-corrected chi connectivity index (χ1v) is 11.8. The first-order valence-electron chi connectivity index (χ1n) is 9.93. The Morgan fingerprint density at radius 2 is 1.75 bits per heavy atom. The lowest BCUT2D eigenvalue weighted by Crippen LogP contribution is -2.29. The number of carbonyl (C=O) groups excluding carboxylic acids is 2. The summed E-state index contributed by atoms with van der Waals surface area (Å²) in [5.74, 6) is -1.60. The van der Waals surface area contributed by atoms with Crippen LogP contribution in [-0.4, -0.2) is 21.8 Å². The van der Waals surface area contributed by atoms with Crippen molar-refractivity contribution in [3.05, 3.63) is 98.6 Å². The summed E-state index contributed by atoms with van der Waals surface area (Å²) in [6.45, 7) is 2.00. The van der Waals surface area contributed by atoms with E-state index >= 15 is 0 Å². The maximum Gasteiger partial charge on any atom is 0.301 e. The molecule has 0 bridgehead atoms. The minimum Gasteiger partial charge on any atom is -0.507 e. The molecule has 7 heteroatoms. The van der Waals surface area contributed by atoms with Crippen LogP contribution in [0, 0.1) is 10.5 Å². The Balaban J connectivity index is 1.73. The van der Waals surface area contributed by atoms with E-state index in [-0.39, 0.29) is 11.3 Å². The fourth-order valence-corrected chi connectivity index (χ4v) is 5.31. The van der Waals surface area contributed by atoms with Crippen molar-refractivity contribution < 1.29 is 14.7 Å². The summed E-state index contributed by atoms with van der Waals surface area (Å²) in [4.78, 5) is 32.5. The van der Waals surface area contributed by atoms with Crippen molar-refractivity contribution in [2.24, 2.45) is 0 Å². The number of thiazole rings is 1. The largest absolute Gasteiger partial charge is 0.507 e. The molecule has 0 radical (unpaired) electrons. The highest BCUT2D eigenvalue weighted by Crippen LogP contribution is 2.44. The second-order valence-corrected chi connectivity index (χ2v) is 9.81. The molecule has 2 heterocycles. The van der Waals surface area contributed by atoms with Crippen LogP contribution in [0.2, 0.25) is 0 Å². The van der Waals surface area contributed by atoms with E-state index in [4.69, 9.17) is 0 Å². The number of ketones is 1. The van der Waals surface area contributed by atoms with Crippen molar-refractivity contribution >= 4 is 66.7 Å². The molecule has 1 N–H and O–H groups in total. The number of halogens is 1. The number of fused-ring (bicyclic) bond motifs is 1. The number of aliphatic hydroxyl groups is 1. The van der Waals surface area contributed by atoms with Crippen LogP contribution in [0.25, 0.3) is 16.0 Å². The molecule has 1 amide bonds. The lowest BCUT2D eigenvalue weighted by atomic mass is 9.95. The van der Waals surface area contributed by atoms with Gasteiger partial charge in [-0.25, -0.2) is 4.98 Å². The molecule has 1 aliphatic rings. The molecule has 5 rings (SSSR count). The number of hydrogen-bond acceptors (Lipinski definition) is 5. The van der Waals surface area contributed by atoms with E-state index in [1.807, 2.05) is 55.5 Å². The number of hydrogen-bond donors (Lipinski definition) is 1. The average Bonchev–Trinajstić information content (AvgIpc) is 3.32. The quantitative estimate of drug-likeness (QED) is 0.150. The van der Waals surface area contributed by atoms with Crippen molar-refractivity contribution in [1.82, 2.24) is 4.98 Å². The van der Waals surface area contributed by atoms with Gasteiger partial charge in [0.2, 0.25) is 0 Å². The van der Waals surface area contributed by atoms with E-state index in [1.54, 1.807) is 24.3 Å². The molecule has 5 nitrogen and oxygen atoms in total. The standard InChI is InChI=1S/C25H17IN2O3S/c1-14-7-12-18-19(13-14)32-25(27-18)28-21(15-8-10-17(26)11-9-15)20(23(30)24(28)31)22(29)16-5-3-2-4-6-16/h2-13,21,29H,1H3/b22-20+. The molecule has 0 spiro atoms. The first kappa shape index (κ1) is 20.8. The number of aryl methyl sites for hydroxylation is 1. The zero-order chi connectivity index (χ0) is 22.4. The molecule has 32 heavy (non-hydrogen) atoms. The zero-order valence-electron chi connectivity index (χ0n) is 16.9. The van der Waals surface area contributed by atoms with Gasteiger partial charge in [0.05, 0.1) is 21.8 Å². The number of aliphatic hydroxyl groups excluding tert-OH is 1. The molecular formula is C25H17IN2O3S. The third kappa shape index (κ3) is 3.51. The van der Waals surface area contributed by atoms with Crippen LogP contribution in [0.5, 0.6) is 0 Å². The molecule has 0 aliphatic carbocycles. The van der Waals surface area contributed by atoms with Gasteiger partial charge in [0.15, 0.2) is 5.13 Å². The van der Waals surface area contributed by atoms with Crippen molar-refractivity contribution in [3.63, 3.8) is 0 Å². The minimum absolute atomic E-state index is 0.0674. The summed E-state index contributed by atoms with van der Waals surface area (Å²) in [7, 11) is 0. The van der Waals surface area contributed by atoms with Gasteiger partial charge in [0, 0.05) is 9.13 Å². The van der Waals surface area contributed by atoms with Crippen molar-refractivity contribution in [2.75, 3.05) is 4.90 Å². The van der Waals surface area contributed by atoms with Gasteiger partial charge in [-0.15, -0.1) is 0 Å². The van der Waals surface area contributed by atoms with E-state index in [0.717, 1.165) is 24.9 Å². The van der Waals surface area contributed by atoms with Crippen LogP contribution in [-0.2, 0) is 9.59 Å². The van der Waals surface area contributed by atoms with Gasteiger partial charge in [0.25, 0.3) is 5.78 Å². The van der Waals surface area contributed by atoms with E-state index in [9.17, 15) is 14.7 Å². The van der Waals surface area contributed by atoms with E-state index < -0.39 is 17.7 Å². The topological polar surface area (TPSA) is 70.5 Å². The predicted octanol–water partition coefficient (Wildman–Crippen LogP) is 5.84. The molecule has 4 aromatic rings. The van der Waals surface area contributed by atoms with Gasteiger partial charge in [0.1, 0.15) is 5.76 Å². The van der Waals surface area contributed by atoms with Gasteiger partial charge in [-0.2, -0.15) is 0 Å². The van der Waals surface area contributed by atoms with E-state index in [2.05, 4.69) is 27.6 Å². The van der Waals surface area contributed by atoms with Crippen LogP contribution in [0.4, 0.5) is 5.13 Å². The first-order chi connectivity index (χ1) is 15.4. The maximum atomic E-state index is 13.2. The third-order valence-corrected chi connectivity index (χ3v) is 7.15. The molecular weight excluding hydrogens is 535 g/mol. The zero-order valence-corrected chi connectivity index (χ0v) is 19.9. The Bertz CT molecular complexity index is 1390. The maximum absolute atomic E-state index is 13.2. The summed E-state index contributed by atoms with van der Waals surface area (Å²) < 4.78 is 1.97. The number of benzene rings is 3.